The molecule has 1 unspecified atom stereocenters. The molecule has 4 N–H and O–H groups in total. The van der Waals surface area contributed by atoms with E-state index in [0.717, 1.165) is 10.1 Å². The van der Waals surface area contributed by atoms with Gasteiger partial charge in [-0.2, -0.15) is 9.48 Å². The zero-order chi connectivity index (χ0) is 29.6. The zero-order valence-electron chi connectivity index (χ0n) is 21.8. The van der Waals surface area contributed by atoms with E-state index in [1.165, 1.54) is 19.1 Å². The van der Waals surface area contributed by atoms with E-state index in [4.69, 9.17) is 18.5 Å². The van der Waals surface area contributed by atoms with E-state index in [2.05, 4.69) is 5.09 Å². The van der Waals surface area contributed by atoms with Crippen molar-refractivity contribution in [3.63, 3.8) is 0 Å². The van der Waals surface area contributed by atoms with E-state index in [1.54, 1.807) is 47.4 Å². The van der Waals surface area contributed by atoms with E-state index in [-0.39, 0.29) is 18.8 Å². The van der Waals surface area contributed by atoms with Gasteiger partial charge in [0.1, 0.15) is 36.8 Å². The van der Waals surface area contributed by atoms with Crippen molar-refractivity contribution < 1.29 is 42.5 Å². The lowest BCUT2D eigenvalue weighted by atomic mass is 10.1. The summed E-state index contributed by atoms with van der Waals surface area (Å²) >= 11 is 0. The smallest absolute Gasteiger partial charge is 0.459 e. The molecule has 0 spiro atoms. The van der Waals surface area contributed by atoms with Crippen LogP contribution in [0.25, 0.3) is 0 Å². The number of nitrogens with zero attached hydrogens (tertiary/aromatic N) is 1. The molecule has 1 aliphatic heterocycles. The number of aromatic amines is 1. The Morgan fingerprint density at radius 1 is 1.20 bits per heavy atom. The van der Waals surface area contributed by atoms with E-state index < -0.39 is 68.0 Å². The second-order valence-corrected chi connectivity index (χ2v) is 10.8. The van der Waals surface area contributed by atoms with Gasteiger partial charge in [0.25, 0.3) is 5.56 Å². The highest BCUT2D eigenvalue weighted by Crippen LogP contribution is 2.47. The van der Waals surface area contributed by atoms with Gasteiger partial charge in [0.2, 0.25) is 5.82 Å². The van der Waals surface area contributed by atoms with Crippen molar-refractivity contribution >= 4 is 13.7 Å². The van der Waals surface area contributed by atoms with Gasteiger partial charge in [-0.3, -0.25) is 23.7 Å². The van der Waals surface area contributed by atoms with E-state index in [9.17, 15) is 33.6 Å². The van der Waals surface area contributed by atoms with Crippen molar-refractivity contribution in [3.8, 4) is 5.75 Å². The second kappa shape index (κ2) is 13.3. The lowest BCUT2D eigenvalue weighted by Gasteiger charge is -2.29. The summed E-state index contributed by atoms with van der Waals surface area (Å²) < 4.78 is 50.7. The van der Waals surface area contributed by atoms with E-state index in [0.29, 0.717) is 6.20 Å². The Kier molecular flexibility index (Phi) is 9.86. The lowest BCUT2D eigenvalue weighted by Crippen LogP contribution is -2.42. The van der Waals surface area contributed by atoms with Crippen molar-refractivity contribution in [1.29, 1.82) is 0 Å². The third-order valence-electron chi connectivity index (χ3n) is 6.09. The van der Waals surface area contributed by atoms with Gasteiger partial charge in [-0.1, -0.05) is 48.5 Å². The summed E-state index contributed by atoms with van der Waals surface area (Å²) in [6.45, 7) is 0.504. The van der Waals surface area contributed by atoms with Crippen LogP contribution in [-0.2, 0) is 30.0 Å². The fraction of sp³-hybridized carbons (Fsp3) is 0.346. The molecule has 15 heteroatoms. The number of esters is 1. The molecule has 6 atom stereocenters. The van der Waals surface area contributed by atoms with Crippen molar-refractivity contribution in [1.82, 2.24) is 14.6 Å². The number of aliphatic hydroxyl groups is 2. The molecule has 1 aromatic heterocycles. The second-order valence-electron chi connectivity index (χ2n) is 9.17. The van der Waals surface area contributed by atoms with Gasteiger partial charge >= 0.3 is 19.4 Å². The summed E-state index contributed by atoms with van der Waals surface area (Å²) in [4.78, 5) is 38.0. The standard InChI is InChI=1S/C26H29FN3O10P/c1-16(25(34)37-15-17-8-4-2-5-9-17)29-41(36,39-18-10-6-3-7-11-18)40-21(14-31)23-20(32)12-22(38-23)30-13-19(27)24(33)28-26(30)35/h2-11,13,16,20-23,31-32H,12,14-15H2,1H3,(H,29,36)(H,28,33,35)/t16-,20?,21+,22+,23-,41-/m0/s1. The number of hydrogen-bond donors (Lipinski definition) is 4. The number of ether oxygens (including phenoxy) is 2. The van der Waals surface area contributed by atoms with Crippen molar-refractivity contribution in [2.24, 2.45) is 0 Å². The van der Waals surface area contributed by atoms with Crippen LogP contribution in [0.1, 0.15) is 25.1 Å². The van der Waals surface area contributed by atoms with Gasteiger partial charge in [0, 0.05) is 6.42 Å². The number of rotatable bonds is 12. The van der Waals surface area contributed by atoms with Crippen molar-refractivity contribution in [2.75, 3.05) is 6.61 Å². The minimum atomic E-state index is -4.49. The van der Waals surface area contributed by atoms with Crippen LogP contribution in [0.3, 0.4) is 0 Å². The number of benzene rings is 2. The average molecular weight is 594 g/mol. The third-order valence-corrected chi connectivity index (χ3v) is 7.79. The van der Waals surface area contributed by atoms with Crippen LogP contribution >= 0.6 is 7.75 Å². The van der Waals surface area contributed by atoms with Crippen molar-refractivity contribution in [3.05, 3.63) is 99.1 Å². The average Bonchev–Trinajstić information content (AvgIpc) is 3.34. The summed E-state index contributed by atoms with van der Waals surface area (Å²) in [5, 5.41) is 23.2. The first-order chi connectivity index (χ1) is 19.6. The summed E-state index contributed by atoms with van der Waals surface area (Å²) in [6, 6.07) is 15.6. The monoisotopic (exact) mass is 593 g/mol. The highest BCUT2D eigenvalue weighted by atomic mass is 31.2. The predicted molar refractivity (Wildman–Crippen MR) is 141 cm³/mol. The largest absolute Gasteiger partial charge is 0.460 e. The molecule has 0 saturated carbocycles. The Labute approximate surface area is 233 Å². The van der Waals surface area contributed by atoms with Gasteiger partial charge in [0.05, 0.1) is 18.9 Å². The summed E-state index contributed by atoms with van der Waals surface area (Å²) in [6.07, 6.45) is -5.13. The number of aromatic nitrogens is 2. The summed E-state index contributed by atoms with van der Waals surface area (Å²) in [7, 11) is -4.49. The number of para-hydroxylation sites is 1. The number of nitrogens with one attached hydrogen (secondary N) is 2. The van der Waals surface area contributed by atoms with Gasteiger partial charge in [-0.25, -0.2) is 9.36 Å². The molecule has 1 aliphatic rings. The molecule has 0 radical (unpaired) electrons. The molecule has 4 rings (SSSR count). The molecule has 220 valence electrons. The molecule has 3 aromatic rings. The third kappa shape index (κ3) is 7.76. The van der Waals surface area contributed by atoms with Gasteiger partial charge in [-0.15, -0.1) is 0 Å². The SMILES string of the molecule is C[C@H](N[P@](=O)(Oc1ccccc1)O[C@H](CO)[C@H]1O[C@@H](n2cc(F)c(=O)[nH]c2=O)CC1O)C(=O)OCc1ccccc1. The fourth-order valence-corrected chi connectivity index (χ4v) is 5.75. The lowest BCUT2D eigenvalue weighted by molar-refractivity contribution is -0.146. The number of halogens is 1. The van der Waals surface area contributed by atoms with Crippen LogP contribution in [-0.4, -0.2) is 56.7 Å². The maximum absolute atomic E-state index is 13.9. The van der Waals surface area contributed by atoms with E-state index >= 15 is 0 Å². The van der Waals surface area contributed by atoms with Crippen LogP contribution in [0.15, 0.2) is 76.4 Å². The van der Waals surface area contributed by atoms with E-state index in [1.807, 2.05) is 6.07 Å². The molecule has 2 heterocycles. The zero-order valence-corrected chi connectivity index (χ0v) is 22.7. The number of carbonyl (C=O) groups excluding carboxylic acids is 1. The van der Waals surface area contributed by atoms with Gasteiger partial charge in [0.15, 0.2) is 0 Å². The van der Waals surface area contributed by atoms with Crippen molar-refractivity contribution in [2.45, 2.75) is 50.5 Å². The molecule has 0 amide bonds. The fourth-order valence-electron chi connectivity index (χ4n) is 4.07. The first-order valence-corrected chi connectivity index (χ1v) is 14.1. The maximum Gasteiger partial charge on any atom is 0.459 e. The van der Waals surface area contributed by atoms with Gasteiger partial charge in [-0.05, 0) is 24.6 Å². The quantitative estimate of drug-likeness (QED) is 0.177. The predicted octanol–water partition coefficient (Wildman–Crippen LogP) is 1.61. The van der Waals surface area contributed by atoms with Crippen LogP contribution < -0.4 is 20.9 Å². The number of aliphatic hydroxyl groups excluding tert-OH is 2. The van der Waals surface area contributed by atoms with Crippen LogP contribution in [0.2, 0.25) is 0 Å². The summed E-state index contributed by atoms with van der Waals surface area (Å²) in [5.74, 6) is -1.92. The highest BCUT2D eigenvalue weighted by molar-refractivity contribution is 7.52. The molecule has 0 aliphatic carbocycles. The Bertz CT molecular complexity index is 1490. The molecular weight excluding hydrogens is 564 g/mol. The molecule has 41 heavy (non-hydrogen) atoms. The first kappa shape index (κ1) is 30.3. The highest BCUT2D eigenvalue weighted by Gasteiger charge is 2.45. The minimum absolute atomic E-state index is 0.0378. The Hall–Kier alpha value is -3.65. The molecule has 1 fully saturated rings. The Balaban J connectivity index is 1.51. The Morgan fingerprint density at radius 2 is 1.85 bits per heavy atom. The normalized spacial score (nSPS) is 21.5. The number of carbonyl (C=O) groups is 1. The van der Waals surface area contributed by atoms with Gasteiger partial charge < -0.3 is 24.2 Å². The molecule has 1 saturated heterocycles. The van der Waals surface area contributed by atoms with Crippen LogP contribution in [0.5, 0.6) is 5.75 Å². The topological polar surface area (TPSA) is 178 Å². The van der Waals surface area contributed by atoms with Crippen LogP contribution in [0, 0.1) is 5.82 Å². The number of H-pyrrole nitrogens is 1. The van der Waals surface area contributed by atoms with Crippen LogP contribution in [0.4, 0.5) is 4.39 Å². The minimum Gasteiger partial charge on any atom is -0.460 e. The maximum atomic E-state index is 13.9. The summed E-state index contributed by atoms with van der Waals surface area (Å²) in [5.41, 5.74) is -1.48. The number of hydrogen-bond acceptors (Lipinski definition) is 10. The molecule has 2 aromatic carbocycles. The molecular formula is C26H29FN3O10P. The molecule has 0 bridgehead atoms. The first-order valence-electron chi connectivity index (χ1n) is 12.6. The Morgan fingerprint density at radius 3 is 2.51 bits per heavy atom. The molecule has 13 nitrogen and oxygen atoms in total.